The molecule has 13 aromatic rings. The largest absolute Gasteiger partial charge is 0.388 e. The molecule has 2 saturated heterocycles. The number of likely N-dealkylation sites (tertiary alicyclic amines) is 1. The molecule has 6 aromatic carbocycles. The number of rotatable bonds is 20. The first kappa shape index (κ1) is 91.5. The molecular weight excluding hydrogens is 1570 g/mol. The minimum absolute atomic E-state index is 0.0115. The van der Waals surface area contributed by atoms with Crippen LogP contribution in [-0.2, 0) is 63.4 Å². The van der Waals surface area contributed by atoms with Gasteiger partial charge in [-0.1, -0.05) is 0 Å². The zero-order chi connectivity index (χ0) is 88.4. The summed E-state index contributed by atoms with van der Waals surface area (Å²) in [5.41, 5.74) is 8.42. The fourth-order valence-corrected chi connectivity index (χ4v) is 15.3. The minimum atomic E-state index is -3.38. The molecule has 0 radical (unpaired) electrons. The normalized spacial score (nSPS) is 12.8. The van der Waals surface area contributed by atoms with Crippen molar-refractivity contribution in [2.24, 2.45) is 42.3 Å². The lowest BCUT2D eigenvalue weighted by Crippen LogP contribution is -2.41. The van der Waals surface area contributed by atoms with Gasteiger partial charge in [0.2, 0.25) is 0 Å². The van der Waals surface area contributed by atoms with Crippen LogP contribution >= 0.6 is 0 Å². The number of aromatic amines is 1. The predicted octanol–water partition coefficient (Wildman–Crippen LogP) is 6.96. The van der Waals surface area contributed by atoms with Crippen molar-refractivity contribution < 1.29 is 27.5 Å². The zero-order valence-electron chi connectivity index (χ0n) is 72.3. The number of amides is 3. The predicted molar refractivity (Wildman–Crippen MR) is 492 cm³/mol. The number of aryl methyl sites for hydroxylation is 6. The minimum Gasteiger partial charge on any atom is -0.388 e. The molecular formula is C89H112N20O12S. The summed E-state index contributed by atoms with van der Waals surface area (Å²) >= 11 is 0. The van der Waals surface area contributed by atoms with E-state index in [1.807, 2.05) is 133 Å². The van der Waals surface area contributed by atoms with Crippen LogP contribution in [0.4, 0.5) is 28.4 Å². The number of aromatic nitrogens is 8. The van der Waals surface area contributed by atoms with Gasteiger partial charge in [-0.05, 0) is 180 Å². The standard InChI is InChI=1S/C18H24N4O3.C18H24N4O2.C16H22N4O2.C14H19N3O.C12H14N2O3S.C11H9N3O/c1-19-13-3-4-14-15(11-13)16(12-21(2)18(14)24)17(23)20-5-6-22-7-9-25-10-8-22;1-19-13-5-6-14-15(11-13)16(12-21(2)18(14)24)17(23)20-7-10-22-8-3-4-9-22;1-17-11-5-6-12-13(9-11)14(10-20(4)16(12)22)15(21)18-7-8-19(2)3;1-15-11-5-6-12-13(7-11)10(8-16(2)3)9-17(4)14(12)18;1-13-8-4-5-9-10(6-8)11(18(3,16)17)7-14(2)12(9)15;1-14-3-2-7-4-9-10(13-6-12-9)5-8(7)11(14)15/h3-4,11-12,19H,5-10H2,1-2H3,(H,20,23);5-6,11-12,19H,3-4,7-10H2,1-2H3,(H,20,23);5-6,9-10,17H,7-8H2,1-4H3,(H,18,21);5-7,9,15H,8H2,1-4H3;4-7,13H,1-3H3;2-6H,1H3,(H,12,13). The number of fused-ring (bicyclic) bond motifs is 7. The molecule has 0 saturated carbocycles. The lowest BCUT2D eigenvalue weighted by Gasteiger charge is -2.26. The van der Waals surface area contributed by atoms with Crippen LogP contribution in [0.2, 0.25) is 0 Å². The summed E-state index contributed by atoms with van der Waals surface area (Å²) in [7, 11) is 23.7. The van der Waals surface area contributed by atoms with Gasteiger partial charge in [-0.15, -0.1) is 0 Å². The number of likely N-dealkylation sites (N-methyl/N-ethyl adjacent to an activating group) is 1. The van der Waals surface area contributed by atoms with Gasteiger partial charge in [0.05, 0.1) is 52.2 Å². The number of hydrogen-bond donors (Lipinski definition) is 9. The second-order valence-corrected chi connectivity index (χ2v) is 32.6. The summed E-state index contributed by atoms with van der Waals surface area (Å²) in [6, 6.07) is 32.9. The maximum absolute atomic E-state index is 12.7. The van der Waals surface area contributed by atoms with Crippen LogP contribution in [0.25, 0.3) is 75.7 Å². The summed E-state index contributed by atoms with van der Waals surface area (Å²) in [6.45, 7) is 10.5. The topological polar surface area (TPSA) is 364 Å². The van der Waals surface area contributed by atoms with Gasteiger partial charge in [0, 0.05) is 262 Å². The maximum atomic E-state index is 12.7. The molecule has 0 spiro atoms. The van der Waals surface area contributed by atoms with E-state index in [1.165, 1.54) is 37.3 Å². The van der Waals surface area contributed by atoms with Gasteiger partial charge in [0.1, 0.15) is 0 Å². The third-order valence-electron chi connectivity index (χ3n) is 21.2. The highest BCUT2D eigenvalue weighted by atomic mass is 32.2. The smallest absolute Gasteiger partial charge is 0.258 e. The average molecular weight is 1690 g/mol. The van der Waals surface area contributed by atoms with Crippen LogP contribution in [0.3, 0.4) is 0 Å². The van der Waals surface area contributed by atoms with E-state index >= 15 is 0 Å². The SMILES string of the molecule is CNc1ccc2c(=O)n(C)cc(C(=O)NCCN(C)C)c2c1.CNc1ccc2c(=O)n(C)cc(C(=O)NCCN3CCCC3)c2c1.CNc1ccc2c(=O)n(C)cc(C(=O)NCCN3CCOCC3)c2c1.CNc1ccc2c(=O)n(C)cc(CN(C)C)c2c1.CNc1ccc2c(=O)n(C)cc(S(C)(=O)=O)c2c1.Cn1ccc2cc3[nH]cnc3cc2c1=O. The Hall–Kier alpha value is -12.8. The maximum Gasteiger partial charge on any atom is 0.258 e. The molecule has 122 heavy (non-hydrogen) atoms. The average Bonchev–Trinajstić information content (AvgIpc) is 1.25. The Morgan fingerprint density at radius 1 is 0.426 bits per heavy atom. The van der Waals surface area contributed by atoms with Gasteiger partial charge in [-0.3, -0.25) is 48.1 Å². The van der Waals surface area contributed by atoms with E-state index < -0.39 is 9.84 Å². The third-order valence-corrected chi connectivity index (χ3v) is 22.3. The fraction of sp³-hybridized carbons (Fsp3) is 0.348. The second kappa shape index (κ2) is 41.5. The number of carbonyl (C=O) groups excluding carboxylic acids is 3. The van der Waals surface area contributed by atoms with Crippen LogP contribution in [0, 0.1) is 0 Å². The lowest BCUT2D eigenvalue weighted by atomic mass is 10.1. The fourth-order valence-electron chi connectivity index (χ4n) is 14.4. The molecule has 0 bridgehead atoms. The van der Waals surface area contributed by atoms with Crippen LogP contribution in [0.1, 0.15) is 49.5 Å². The molecule has 15 rings (SSSR count). The van der Waals surface area contributed by atoms with E-state index in [0.29, 0.717) is 84.8 Å². The Balaban J connectivity index is 0.000000155. The van der Waals surface area contributed by atoms with Crippen molar-refractivity contribution in [3.8, 4) is 0 Å². The molecule has 2 aliphatic rings. The number of sulfone groups is 1. The van der Waals surface area contributed by atoms with Crippen molar-refractivity contribution in [3.05, 3.63) is 237 Å². The Kier molecular flexibility index (Phi) is 31.1. The molecule has 2 fully saturated rings. The van der Waals surface area contributed by atoms with Crippen molar-refractivity contribution in [2.75, 3.05) is 175 Å². The molecule has 0 atom stereocenters. The summed E-state index contributed by atoms with van der Waals surface area (Å²) in [5.74, 6) is -0.471. The number of nitrogens with one attached hydrogen (secondary N) is 9. The molecule has 7 aromatic heterocycles. The molecule has 2 aliphatic heterocycles. The Morgan fingerprint density at radius 3 is 1.20 bits per heavy atom. The van der Waals surface area contributed by atoms with E-state index in [4.69, 9.17) is 4.74 Å². The van der Waals surface area contributed by atoms with E-state index in [-0.39, 0.29) is 56.0 Å². The molecule has 33 heteroatoms. The van der Waals surface area contributed by atoms with Crippen molar-refractivity contribution in [1.82, 2.24) is 72.9 Å². The van der Waals surface area contributed by atoms with Gasteiger partial charge >= 0.3 is 0 Å². The van der Waals surface area contributed by atoms with Crippen LogP contribution in [0.5, 0.6) is 0 Å². The number of imidazole rings is 1. The molecule has 3 amide bonds. The highest BCUT2D eigenvalue weighted by Crippen LogP contribution is 2.27. The highest BCUT2D eigenvalue weighted by Gasteiger charge is 2.22. The van der Waals surface area contributed by atoms with Crippen molar-refractivity contribution >= 4 is 132 Å². The van der Waals surface area contributed by atoms with Gasteiger partial charge in [-0.2, -0.15) is 0 Å². The summed E-state index contributed by atoms with van der Waals surface area (Å²) in [4.78, 5) is 126. The highest BCUT2D eigenvalue weighted by molar-refractivity contribution is 7.91. The monoisotopic (exact) mass is 1680 g/mol. The Bertz CT molecular complexity index is 6510. The Labute approximate surface area is 707 Å². The van der Waals surface area contributed by atoms with Gasteiger partial charge in [-0.25, -0.2) is 13.4 Å². The quantitative estimate of drug-likeness (QED) is 0.0372. The molecule has 0 aliphatic carbocycles. The molecule has 9 N–H and O–H groups in total. The van der Waals surface area contributed by atoms with Gasteiger partial charge < -0.3 is 94.4 Å². The number of anilines is 5. The zero-order valence-corrected chi connectivity index (χ0v) is 73.1. The van der Waals surface area contributed by atoms with Crippen molar-refractivity contribution in [1.29, 1.82) is 0 Å². The van der Waals surface area contributed by atoms with Crippen LogP contribution in [0.15, 0.2) is 186 Å². The first-order valence-corrected chi connectivity index (χ1v) is 42.0. The van der Waals surface area contributed by atoms with E-state index in [1.54, 1.807) is 133 Å². The number of H-pyrrole nitrogens is 1. The number of morpholine rings is 1. The molecule has 0 unspecified atom stereocenters. The van der Waals surface area contributed by atoms with Crippen LogP contribution in [-0.4, -0.2) is 231 Å². The first-order chi connectivity index (χ1) is 58.2. The van der Waals surface area contributed by atoms with Crippen LogP contribution < -0.4 is 75.9 Å². The lowest BCUT2D eigenvalue weighted by molar-refractivity contribution is 0.0383. The summed E-state index contributed by atoms with van der Waals surface area (Å²) in [5, 5.41) is 32.0. The third kappa shape index (κ3) is 22.4. The Morgan fingerprint density at radius 2 is 0.795 bits per heavy atom. The van der Waals surface area contributed by atoms with Gasteiger partial charge in [0.15, 0.2) is 9.84 Å². The van der Waals surface area contributed by atoms with E-state index in [2.05, 4.69) is 67.2 Å². The number of ether oxygens (including phenoxy) is 1. The number of hydrogen-bond acceptors (Lipinski definition) is 22. The number of pyridine rings is 6. The summed E-state index contributed by atoms with van der Waals surface area (Å²) in [6.07, 6.45) is 15.1. The van der Waals surface area contributed by atoms with E-state index in [0.717, 1.165) is 133 Å². The second-order valence-electron chi connectivity index (χ2n) is 30.6. The molecule has 32 nitrogen and oxygen atoms in total. The number of nitrogens with zero attached hydrogens (tertiary/aromatic N) is 11. The number of carbonyl (C=O) groups is 3. The number of benzene rings is 6. The molecule has 9 heterocycles. The van der Waals surface area contributed by atoms with E-state index in [9.17, 15) is 51.6 Å². The van der Waals surface area contributed by atoms with Crippen molar-refractivity contribution in [3.63, 3.8) is 0 Å². The van der Waals surface area contributed by atoms with Gasteiger partial charge in [0.25, 0.3) is 51.1 Å². The summed E-state index contributed by atoms with van der Waals surface area (Å²) < 4.78 is 37.8. The van der Waals surface area contributed by atoms with Crippen molar-refractivity contribution in [2.45, 2.75) is 24.3 Å². The first-order valence-electron chi connectivity index (χ1n) is 40.1. The molecule has 646 valence electrons.